The lowest BCUT2D eigenvalue weighted by Crippen LogP contribution is -2.54. The van der Waals surface area contributed by atoms with Crippen molar-refractivity contribution in [3.8, 4) is 0 Å². The van der Waals surface area contributed by atoms with Gasteiger partial charge in [-0.2, -0.15) is 0 Å². The fourth-order valence-electron chi connectivity index (χ4n) is 2.31. The summed E-state index contributed by atoms with van der Waals surface area (Å²) in [6.07, 6.45) is 0.683. The Hall–Kier alpha value is -1.00. The van der Waals surface area contributed by atoms with Crippen LogP contribution in [0.3, 0.4) is 0 Å². The van der Waals surface area contributed by atoms with Crippen molar-refractivity contribution in [3.63, 3.8) is 0 Å². The molecule has 2 heterocycles. The van der Waals surface area contributed by atoms with Crippen molar-refractivity contribution in [2.75, 3.05) is 19.8 Å². The molecule has 0 unspecified atom stereocenters. The van der Waals surface area contributed by atoms with Crippen LogP contribution in [0, 0.1) is 6.92 Å². The van der Waals surface area contributed by atoms with E-state index in [1.807, 2.05) is 0 Å². The lowest BCUT2D eigenvalue weighted by molar-refractivity contribution is 0.0222. The normalized spacial score (nSPS) is 18.6. The lowest BCUT2D eigenvalue weighted by atomic mass is 9.93. The standard InChI is InChI=1S/C12H17NO6S2/c1-8-6-20-9(11(15)16)10(8)21(17,18)13-12(7-14)2-4-19-5-3-12/h6,13-14H,2-5,7H2,1H3,(H,15,16). The third-order valence-electron chi connectivity index (χ3n) is 3.48. The maximum absolute atomic E-state index is 12.6. The molecular formula is C12H17NO6S2. The molecule has 0 atom stereocenters. The molecule has 21 heavy (non-hydrogen) atoms. The van der Waals surface area contributed by atoms with E-state index < -0.39 is 21.5 Å². The minimum Gasteiger partial charge on any atom is -0.477 e. The predicted molar refractivity (Wildman–Crippen MR) is 76.2 cm³/mol. The van der Waals surface area contributed by atoms with Crippen molar-refractivity contribution < 1.29 is 28.2 Å². The fraction of sp³-hybridized carbons (Fsp3) is 0.583. The Morgan fingerprint density at radius 1 is 1.48 bits per heavy atom. The monoisotopic (exact) mass is 335 g/mol. The number of carboxylic acids is 1. The molecule has 0 aliphatic carbocycles. The van der Waals surface area contributed by atoms with Crippen LogP contribution in [0.4, 0.5) is 0 Å². The van der Waals surface area contributed by atoms with E-state index in [4.69, 9.17) is 9.84 Å². The highest BCUT2D eigenvalue weighted by Crippen LogP contribution is 2.30. The number of aliphatic hydroxyl groups excluding tert-OH is 1. The number of rotatable bonds is 5. The van der Waals surface area contributed by atoms with Crippen molar-refractivity contribution in [1.29, 1.82) is 0 Å². The van der Waals surface area contributed by atoms with Crippen LogP contribution >= 0.6 is 11.3 Å². The first-order valence-electron chi connectivity index (χ1n) is 6.35. The van der Waals surface area contributed by atoms with E-state index in [1.54, 1.807) is 6.92 Å². The van der Waals surface area contributed by atoms with Gasteiger partial charge in [0.1, 0.15) is 9.77 Å². The highest BCUT2D eigenvalue weighted by atomic mass is 32.2. The molecule has 1 aliphatic rings. The van der Waals surface area contributed by atoms with Crippen LogP contribution in [0.2, 0.25) is 0 Å². The van der Waals surface area contributed by atoms with Gasteiger partial charge >= 0.3 is 5.97 Å². The number of carbonyl (C=O) groups is 1. The molecule has 3 N–H and O–H groups in total. The minimum absolute atomic E-state index is 0.222. The smallest absolute Gasteiger partial charge is 0.347 e. The predicted octanol–water partition coefficient (Wildman–Crippen LogP) is 0.575. The zero-order valence-electron chi connectivity index (χ0n) is 11.5. The van der Waals surface area contributed by atoms with E-state index in [0.717, 1.165) is 11.3 Å². The van der Waals surface area contributed by atoms with Crippen molar-refractivity contribution >= 4 is 27.3 Å². The highest BCUT2D eigenvalue weighted by Gasteiger charge is 2.38. The first-order chi connectivity index (χ1) is 9.81. The molecule has 2 rings (SSSR count). The van der Waals surface area contributed by atoms with E-state index in [1.165, 1.54) is 5.38 Å². The van der Waals surface area contributed by atoms with Crippen molar-refractivity contribution in [1.82, 2.24) is 4.72 Å². The molecule has 0 radical (unpaired) electrons. The molecule has 0 aromatic carbocycles. The number of nitrogens with one attached hydrogen (secondary N) is 1. The first kappa shape index (κ1) is 16.4. The lowest BCUT2D eigenvalue weighted by Gasteiger charge is -2.35. The van der Waals surface area contributed by atoms with Gasteiger partial charge in [0, 0.05) is 13.2 Å². The fourth-order valence-corrected chi connectivity index (χ4v) is 5.39. The second kappa shape index (κ2) is 6.01. The number of aromatic carboxylic acids is 1. The molecule has 1 saturated heterocycles. The Kier molecular flexibility index (Phi) is 4.69. The molecule has 118 valence electrons. The molecule has 1 aromatic heterocycles. The summed E-state index contributed by atoms with van der Waals surface area (Å²) in [5.74, 6) is -1.28. The van der Waals surface area contributed by atoms with Crippen LogP contribution < -0.4 is 4.72 Å². The largest absolute Gasteiger partial charge is 0.477 e. The van der Waals surface area contributed by atoms with Crippen LogP contribution in [0.15, 0.2) is 10.3 Å². The molecule has 0 saturated carbocycles. The summed E-state index contributed by atoms with van der Waals surface area (Å²) in [7, 11) is -4.03. The number of hydrogen-bond acceptors (Lipinski definition) is 6. The van der Waals surface area contributed by atoms with Gasteiger partial charge in [0.15, 0.2) is 0 Å². The number of thiophene rings is 1. The first-order valence-corrected chi connectivity index (χ1v) is 8.71. The molecule has 1 fully saturated rings. The zero-order chi connectivity index (χ0) is 15.7. The Morgan fingerprint density at radius 3 is 2.62 bits per heavy atom. The summed E-state index contributed by atoms with van der Waals surface area (Å²) in [6, 6.07) is 0. The molecular weight excluding hydrogens is 318 g/mol. The van der Waals surface area contributed by atoms with E-state index in [9.17, 15) is 18.3 Å². The molecule has 0 bridgehead atoms. The zero-order valence-corrected chi connectivity index (χ0v) is 13.1. The van der Waals surface area contributed by atoms with E-state index in [0.29, 0.717) is 31.6 Å². The second-order valence-corrected chi connectivity index (χ2v) is 7.54. The number of carboxylic acid groups (broad SMARTS) is 1. The molecule has 1 aliphatic heterocycles. The second-order valence-electron chi connectivity index (χ2n) is 5.04. The average molecular weight is 335 g/mol. The topological polar surface area (TPSA) is 113 Å². The third-order valence-corrected chi connectivity index (χ3v) is 6.46. The van der Waals surface area contributed by atoms with Crippen molar-refractivity contribution in [2.24, 2.45) is 0 Å². The summed E-state index contributed by atoms with van der Waals surface area (Å²) in [5, 5.41) is 20.2. The quantitative estimate of drug-likeness (QED) is 0.725. The highest BCUT2D eigenvalue weighted by molar-refractivity contribution is 7.89. The van der Waals surface area contributed by atoms with Crippen LogP contribution in [0.5, 0.6) is 0 Å². The van der Waals surface area contributed by atoms with Gasteiger partial charge in [-0.1, -0.05) is 0 Å². The molecule has 7 nitrogen and oxygen atoms in total. The minimum atomic E-state index is -4.03. The number of ether oxygens (including phenoxy) is 1. The van der Waals surface area contributed by atoms with E-state index >= 15 is 0 Å². The van der Waals surface area contributed by atoms with E-state index in [-0.39, 0.29) is 16.4 Å². The van der Waals surface area contributed by atoms with Gasteiger partial charge in [-0.25, -0.2) is 17.9 Å². The number of sulfonamides is 1. The van der Waals surface area contributed by atoms with Crippen LogP contribution in [-0.2, 0) is 14.8 Å². The van der Waals surface area contributed by atoms with Gasteiger partial charge in [-0.3, -0.25) is 0 Å². The van der Waals surface area contributed by atoms with Gasteiger partial charge in [0.05, 0.1) is 12.1 Å². The van der Waals surface area contributed by atoms with Gasteiger partial charge in [-0.15, -0.1) is 11.3 Å². The molecule has 0 amide bonds. The number of hydrogen-bond donors (Lipinski definition) is 3. The van der Waals surface area contributed by atoms with Gasteiger partial charge in [-0.05, 0) is 30.7 Å². The van der Waals surface area contributed by atoms with Gasteiger partial charge in [0.2, 0.25) is 10.0 Å². The summed E-state index contributed by atoms with van der Waals surface area (Å²) in [6.45, 7) is 1.88. The SMILES string of the molecule is Cc1csc(C(=O)O)c1S(=O)(=O)NC1(CO)CCOCC1. The average Bonchev–Trinajstić information content (AvgIpc) is 2.82. The Bertz CT molecular complexity index is 630. The summed E-state index contributed by atoms with van der Waals surface area (Å²) < 4.78 is 32.8. The maximum Gasteiger partial charge on any atom is 0.347 e. The van der Waals surface area contributed by atoms with Crippen LogP contribution in [0.25, 0.3) is 0 Å². The summed E-state index contributed by atoms with van der Waals surface area (Å²) in [4.78, 5) is 10.7. The van der Waals surface area contributed by atoms with E-state index in [2.05, 4.69) is 4.72 Å². The Morgan fingerprint density at radius 2 is 2.10 bits per heavy atom. The van der Waals surface area contributed by atoms with Gasteiger partial charge in [0.25, 0.3) is 0 Å². The summed E-state index contributed by atoms with van der Waals surface area (Å²) in [5.41, 5.74) is -0.619. The molecule has 0 spiro atoms. The van der Waals surface area contributed by atoms with Gasteiger partial charge < -0.3 is 14.9 Å². The van der Waals surface area contributed by atoms with Crippen LogP contribution in [0.1, 0.15) is 28.1 Å². The number of aliphatic hydroxyl groups is 1. The molecule has 9 heteroatoms. The third kappa shape index (κ3) is 3.27. The number of aryl methyl sites for hydroxylation is 1. The Balaban J connectivity index is 2.38. The molecule has 1 aromatic rings. The Labute approximate surface area is 126 Å². The van der Waals surface area contributed by atoms with Crippen LogP contribution in [-0.4, -0.2) is 50.0 Å². The maximum atomic E-state index is 12.6. The van der Waals surface area contributed by atoms with Crippen molar-refractivity contribution in [3.05, 3.63) is 15.8 Å². The summed E-state index contributed by atoms with van der Waals surface area (Å²) >= 11 is 0.874. The van der Waals surface area contributed by atoms with Crippen molar-refractivity contribution in [2.45, 2.75) is 30.2 Å².